The molecule has 0 radical (unpaired) electrons. The molecular weight excluding hydrogens is 399 g/mol. The molecule has 1 N–H and O–H groups in total. The molecule has 1 aromatic heterocycles. The van der Waals surface area contributed by atoms with Crippen molar-refractivity contribution in [2.24, 2.45) is 5.92 Å². The Morgan fingerprint density at radius 1 is 1.38 bits per heavy atom. The second kappa shape index (κ2) is 6.42. The predicted octanol–water partition coefficient (Wildman–Crippen LogP) is 3.25. The largest absolute Gasteiger partial charge is 0.484 e. The van der Waals surface area contributed by atoms with E-state index in [4.69, 9.17) is 26.0 Å². The van der Waals surface area contributed by atoms with Crippen LogP contribution >= 0.6 is 11.6 Å². The first-order valence-electron chi connectivity index (χ1n) is 9.53. The van der Waals surface area contributed by atoms with Gasteiger partial charge in [-0.1, -0.05) is 11.6 Å². The Bertz CT molecular complexity index is 1010. The predicted molar refractivity (Wildman–Crippen MR) is 98.7 cm³/mol. The molecule has 7 nitrogen and oxygen atoms in total. The molecule has 4 fully saturated rings. The van der Waals surface area contributed by atoms with Crippen LogP contribution in [0.5, 0.6) is 5.75 Å². The Hall–Kier alpha value is -2.66. The van der Waals surface area contributed by atoms with Gasteiger partial charge in [0, 0.05) is 23.4 Å². The van der Waals surface area contributed by atoms with Gasteiger partial charge >= 0.3 is 0 Å². The number of benzene rings is 1. The Balaban J connectivity index is 1.12. The number of nitriles is 1. The number of hydrogen-bond donors (Lipinski definition) is 1. The van der Waals surface area contributed by atoms with Crippen molar-refractivity contribution in [1.29, 1.82) is 5.26 Å². The maximum Gasteiger partial charge on any atom is 0.258 e. The fourth-order valence-corrected chi connectivity index (χ4v) is 4.85. The fraction of sp³-hybridized carbons (Fsp3) is 0.500. The summed E-state index contributed by atoms with van der Waals surface area (Å²) in [4.78, 5) is 12.2. The first-order valence-corrected chi connectivity index (χ1v) is 9.91. The second-order valence-electron chi connectivity index (χ2n) is 8.44. The van der Waals surface area contributed by atoms with Gasteiger partial charge in [-0.3, -0.25) is 4.79 Å². The van der Waals surface area contributed by atoms with Crippen LogP contribution in [0.2, 0.25) is 5.02 Å². The van der Waals surface area contributed by atoms with Crippen LogP contribution in [0.1, 0.15) is 49.8 Å². The summed E-state index contributed by atoms with van der Waals surface area (Å²) >= 11 is 5.63. The molecule has 0 saturated heterocycles. The number of carbonyl (C=O) groups excluding carboxylic acids is 1. The van der Waals surface area contributed by atoms with E-state index >= 15 is 0 Å². The quantitative estimate of drug-likeness (QED) is 0.775. The molecule has 0 spiro atoms. The Labute approximate surface area is 171 Å². The monoisotopic (exact) mass is 416 g/mol. The Kier molecular flexibility index (Phi) is 4.07. The van der Waals surface area contributed by atoms with Gasteiger partial charge in [0.2, 0.25) is 11.8 Å². The average Bonchev–Trinajstić information content (AvgIpc) is 3.06. The summed E-state index contributed by atoms with van der Waals surface area (Å²) in [7, 11) is 0. The molecule has 29 heavy (non-hydrogen) atoms. The third-order valence-electron chi connectivity index (χ3n) is 6.26. The van der Waals surface area contributed by atoms with E-state index < -0.39 is 5.82 Å². The van der Waals surface area contributed by atoms with E-state index in [0.717, 1.165) is 38.2 Å². The van der Waals surface area contributed by atoms with Crippen molar-refractivity contribution in [2.75, 3.05) is 6.61 Å². The molecule has 4 saturated carbocycles. The molecule has 9 heteroatoms. The van der Waals surface area contributed by atoms with Crippen LogP contribution < -0.4 is 10.1 Å². The van der Waals surface area contributed by atoms with E-state index in [9.17, 15) is 9.18 Å². The SMILES string of the molecule is N#C[C@H]1C[C@H](c2nnc(C34CC(NC(=O)COc5ccc(Cl)c(F)c5)(C3)C4)o2)C1. The summed E-state index contributed by atoms with van der Waals surface area (Å²) in [5.74, 6) is 0.956. The van der Waals surface area contributed by atoms with Crippen molar-refractivity contribution in [3.05, 3.63) is 40.8 Å². The summed E-state index contributed by atoms with van der Waals surface area (Å²) in [5.41, 5.74) is -0.389. The van der Waals surface area contributed by atoms with Crippen LogP contribution in [0, 0.1) is 23.1 Å². The average molecular weight is 417 g/mol. The molecule has 150 valence electrons. The van der Waals surface area contributed by atoms with Gasteiger partial charge in [-0.05, 0) is 44.2 Å². The molecule has 6 rings (SSSR count). The number of halogens is 2. The molecule has 0 aliphatic heterocycles. The number of hydrogen-bond acceptors (Lipinski definition) is 6. The fourth-order valence-electron chi connectivity index (χ4n) is 4.73. The summed E-state index contributed by atoms with van der Waals surface area (Å²) in [6.07, 6.45) is 3.84. The van der Waals surface area contributed by atoms with Gasteiger partial charge in [-0.15, -0.1) is 10.2 Å². The van der Waals surface area contributed by atoms with Gasteiger partial charge in [0.15, 0.2) is 6.61 Å². The van der Waals surface area contributed by atoms with Crippen LogP contribution in [-0.4, -0.2) is 28.3 Å². The summed E-state index contributed by atoms with van der Waals surface area (Å²) in [6, 6.07) is 6.31. The van der Waals surface area contributed by atoms with Crippen LogP contribution in [0.25, 0.3) is 0 Å². The Morgan fingerprint density at radius 3 is 2.83 bits per heavy atom. The van der Waals surface area contributed by atoms with Gasteiger partial charge in [-0.2, -0.15) is 5.26 Å². The third-order valence-corrected chi connectivity index (χ3v) is 6.57. The van der Waals surface area contributed by atoms with Crippen LogP contribution in [0.3, 0.4) is 0 Å². The lowest BCUT2D eigenvalue weighted by Gasteiger charge is -2.68. The van der Waals surface area contributed by atoms with Gasteiger partial charge in [0.25, 0.3) is 5.91 Å². The third kappa shape index (κ3) is 3.04. The minimum atomic E-state index is -0.588. The lowest BCUT2D eigenvalue weighted by atomic mass is 9.39. The van der Waals surface area contributed by atoms with E-state index in [-0.39, 0.29) is 46.1 Å². The standard InChI is InChI=1S/C20H18ClFN4O3/c21-14-2-1-13(5-15(14)22)28-7-16(27)24-20-8-19(9-20,10-20)18-26-25-17(29-18)12-3-11(4-12)6-23/h1-2,5,11-12H,3-4,7-10H2,(H,24,27)/t11-,12-,19?,20?. The maximum atomic E-state index is 13.4. The van der Waals surface area contributed by atoms with Crippen molar-refractivity contribution in [3.8, 4) is 11.8 Å². The first kappa shape index (κ1) is 18.4. The van der Waals surface area contributed by atoms with Crippen molar-refractivity contribution in [3.63, 3.8) is 0 Å². The molecule has 1 amide bonds. The second-order valence-corrected chi connectivity index (χ2v) is 8.85. The van der Waals surface area contributed by atoms with Crippen LogP contribution in [0.4, 0.5) is 4.39 Å². The van der Waals surface area contributed by atoms with E-state index in [1.54, 1.807) is 0 Å². The minimum Gasteiger partial charge on any atom is -0.484 e. The number of ether oxygens (including phenoxy) is 1. The number of aromatic nitrogens is 2. The molecule has 2 aromatic rings. The summed E-state index contributed by atoms with van der Waals surface area (Å²) in [5, 5.41) is 20.3. The molecule has 0 atom stereocenters. The molecule has 4 aliphatic rings. The van der Waals surface area contributed by atoms with Crippen molar-refractivity contribution in [1.82, 2.24) is 15.5 Å². The number of nitrogens with one attached hydrogen (secondary N) is 1. The lowest BCUT2D eigenvalue weighted by molar-refractivity contribution is -0.143. The highest BCUT2D eigenvalue weighted by Crippen LogP contribution is 2.67. The van der Waals surface area contributed by atoms with E-state index in [0.29, 0.717) is 11.8 Å². The van der Waals surface area contributed by atoms with Gasteiger partial charge in [-0.25, -0.2) is 4.39 Å². The Morgan fingerprint density at radius 2 is 2.14 bits per heavy atom. The molecule has 1 heterocycles. The number of amides is 1. The van der Waals surface area contributed by atoms with Crippen LogP contribution in [-0.2, 0) is 10.2 Å². The normalized spacial score (nSPS) is 31.6. The van der Waals surface area contributed by atoms with Crippen LogP contribution in [0.15, 0.2) is 22.6 Å². The zero-order valence-electron chi connectivity index (χ0n) is 15.5. The molecule has 0 unspecified atom stereocenters. The molecule has 4 aliphatic carbocycles. The topological polar surface area (TPSA) is 101 Å². The molecule has 2 bridgehead atoms. The molecular formula is C20H18ClFN4O3. The zero-order chi connectivity index (χ0) is 20.2. The van der Waals surface area contributed by atoms with Crippen molar-refractivity contribution < 1.29 is 18.3 Å². The lowest BCUT2D eigenvalue weighted by Crippen LogP contribution is -2.77. The van der Waals surface area contributed by atoms with E-state index in [1.807, 2.05) is 0 Å². The zero-order valence-corrected chi connectivity index (χ0v) is 16.2. The van der Waals surface area contributed by atoms with Gasteiger partial charge in [0.05, 0.1) is 16.5 Å². The highest BCUT2D eigenvalue weighted by atomic mass is 35.5. The maximum absolute atomic E-state index is 13.4. The van der Waals surface area contributed by atoms with Crippen molar-refractivity contribution >= 4 is 17.5 Å². The number of nitrogens with zero attached hydrogens (tertiary/aromatic N) is 3. The molecule has 1 aromatic carbocycles. The summed E-state index contributed by atoms with van der Waals surface area (Å²) < 4.78 is 24.6. The number of carbonyl (C=O) groups is 1. The smallest absolute Gasteiger partial charge is 0.258 e. The minimum absolute atomic E-state index is 0.00679. The summed E-state index contributed by atoms with van der Waals surface area (Å²) in [6.45, 7) is -0.192. The van der Waals surface area contributed by atoms with E-state index in [2.05, 4.69) is 21.6 Å². The van der Waals surface area contributed by atoms with Crippen molar-refractivity contribution in [2.45, 2.75) is 49.0 Å². The first-order chi connectivity index (χ1) is 13.9. The van der Waals surface area contributed by atoms with Gasteiger partial charge < -0.3 is 14.5 Å². The highest BCUT2D eigenvalue weighted by Gasteiger charge is 2.71. The highest BCUT2D eigenvalue weighted by molar-refractivity contribution is 6.30. The van der Waals surface area contributed by atoms with Gasteiger partial charge in [0.1, 0.15) is 11.6 Å². The van der Waals surface area contributed by atoms with E-state index in [1.165, 1.54) is 12.1 Å². The number of rotatable bonds is 6.